The first-order chi connectivity index (χ1) is 18.5. The van der Waals surface area contributed by atoms with Crippen LogP contribution in [0.1, 0.15) is 81.1 Å². The Morgan fingerprint density at radius 1 is 1.30 bits per heavy atom. The molecule has 0 spiro atoms. The summed E-state index contributed by atoms with van der Waals surface area (Å²) in [6.07, 6.45) is 6.02. The van der Waals surface area contributed by atoms with Crippen LogP contribution >= 0.6 is 0 Å². The fourth-order valence-corrected chi connectivity index (χ4v) is 5.36. The molecule has 0 aromatic rings. The molecular weight excluding hydrogens is 516 g/mol. The summed E-state index contributed by atoms with van der Waals surface area (Å²) < 4.78 is 16.9. The van der Waals surface area contributed by atoms with Gasteiger partial charge in [0.05, 0.1) is 36.4 Å². The largest absolute Gasteiger partial charge is 0.457 e. The Balaban J connectivity index is 2.22. The minimum Gasteiger partial charge on any atom is -0.457 e. The smallest absolute Gasteiger partial charge is 0.309 e. The first-order valence-corrected chi connectivity index (χ1v) is 14.3. The second-order valence-corrected chi connectivity index (χ2v) is 12.3. The second-order valence-electron chi connectivity index (χ2n) is 12.3. The van der Waals surface area contributed by atoms with E-state index in [-0.39, 0.29) is 36.9 Å². The van der Waals surface area contributed by atoms with Crippen molar-refractivity contribution < 1.29 is 44.2 Å². The van der Waals surface area contributed by atoms with E-state index in [0.29, 0.717) is 18.4 Å². The molecule has 228 valence electrons. The first-order valence-electron chi connectivity index (χ1n) is 14.3. The molecule has 0 aliphatic carbocycles. The predicted molar refractivity (Wildman–Crippen MR) is 151 cm³/mol. The number of esters is 2. The summed E-state index contributed by atoms with van der Waals surface area (Å²) in [4.78, 5) is 24.5. The van der Waals surface area contributed by atoms with Crippen molar-refractivity contribution in [2.24, 2.45) is 17.8 Å². The van der Waals surface area contributed by atoms with Gasteiger partial charge in [-0.15, -0.1) is 0 Å². The van der Waals surface area contributed by atoms with Crippen LogP contribution in [0.15, 0.2) is 36.0 Å². The molecule has 2 rings (SSSR count). The van der Waals surface area contributed by atoms with Crippen molar-refractivity contribution in [3.63, 3.8) is 0 Å². The Kier molecular flexibility index (Phi) is 12.2. The number of epoxide rings is 1. The maximum Gasteiger partial charge on any atom is 0.309 e. The summed E-state index contributed by atoms with van der Waals surface area (Å²) >= 11 is 0. The first kappa shape index (κ1) is 34.2. The molecule has 0 aromatic carbocycles. The van der Waals surface area contributed by atoms with Crippen molar-refractivity contribution in [1.29, 1.82) is 0 Å². The SMILES string of the molecule is CCC(O)C(C)C1OC1CC(C)(O)/C=C/C=C(\C)C1OC(=O)CC(O)C(C)CC(C)(O)C(OC(C)=O)/C=C/C1C. The van der Waals surface area contributed by atoms with Crippen LogP contribution in [0.4, 0.5) is 0 Å². The zero-order chi connectivity index (χ0) is 30.4. The van der Waals surface area contributed by atoms with Gasteiger partial charge in [0.1, 0.15) is 17.8 Å². The lowest BCUT2D eigenvalue weighted by atomic mass is 9.83. The normalized spacial score (nSPS) is 37.9. The van der Waals surface area contributed by atoms with E-state index in [1.54, 1.807) is 58.1 Å². The highest BCUT2D eigenvalue weighted by atomic mass is 16.6. The van der Waals surface area contributed by atoms with E-state index >= 15 is 0 Å². The molecule has 0 bridgehead atoms. The van der Waals surface area contributed by atoms with Crippen LogP contribution in [-0.4, -0.2) is 80.2 Å². The monoisotopic (exact) mass is 566 g/mol. The summed E-state index contributed by atoms with van der Waals surface area (Å²) in [5, 5.41) is 42.7. The maximum atomic E-state index is 12.7. The van der Waals surface area contributed by atoms with Gasteiger partial charge in [-0.25, -0.2) is 0 Å². The van der Waals surface area contributed by atoms with Crippen molar-refractivity contribution in [2.75, 3.05) is 0 Å². The molecule has 9 heteroatoms. The van der Waals surface area contributed by atoms with Crippen LogP contribution in [0.25, 0.3) is 0 Å². The lowest BCUT2D eigenvalue weighted by molar-refractivity contribution is -0.159. The summed E-state index contributed by atoms with van der Waals surface area (Å²) in [5.74, 6) is -1.94. The number of aliphatic hydroxyl groups excluding tert-OH is 2. The van der Waals surface area contributed by atoms with Crippen molar-refractivity contribution in [3.8, 4) is 0 Å². The Labute approximate surface area is 238 Å². The molecule has 2 aliphatic heterocycles. The fraction of sp³-hybridized carbons (Fsp3) is 0.742. The summed E-state index contributed by atoms with van der Waals surface area (Å²) in [5.41, 5.74) is -1.91. The zero-order valence-corrected chi connectivity index (χ0v) is 25.2. The minimum absolute atomic E-state index is 0.00658. The van der Waals surface area contributed by atoms with Gasteiger partial charge in [-0.05, 0) is 51.2 Å². The van der Waals surface area contributed by atoms with Gasteiger partial charge in [-0.3, -0.25) is 9.59 Å². The highest BCUT2D eigenvalue weighted by Crippen LogP contribution is 2.37. The van der Waals surface area contributed by atoms with Crippen molar-refractivity contribution in [2.45, 2.75) is 129 Å². The van der Waals surface area contributed by atoms with E-state index < -0.39 is 53.5 Å². The zero-order valence-electron chi connectivity index (χ0n) is 25.2. The molecular formula is C31H50O9. The molecule has 1 fully saturated rings. The van der Waals surface area contributed by atoms with Crippen LogP contribution in [0, 0.1) is 17.8 Å². The van der Waals surface area contributed by atoms with E-state index in [1.165, 1.54) is 6.92 Å². The number of hydrogen-bond acceptors (Lipinski definition) is 9. The van der Waals surface area contributed by atoms with Crippen LogP contribution in [-0.2, 0) is 23.8 Å². The molecule has 4 N–H and O–H groups in total. The number of rotatable bonds is 9. The molecule has 9 nitrogen and oxygen atoms in total. The number of allylic oxidation sites excluding steroid dienone is 2. The Hall–Kier alpha value is -2.04. The van der Waals surface area contributed by atoms with Crippen LogP contribution in [0.5, 0.6) is 0 Å². The number of carbonyl (C=O) groups excluding carboxylic acids is 2. The number of aliphatic hydroxyl groups is 4. The van der Waals surface area contributed by atoms with Gasteiger partial charge < -0.3 is 34.6 Å². The van der Waals surface area contributed by atoms with E-state index in [2.05, 4.69) is 0 Å². The minimum atomic E-state index is -1.46. The molecule has 0 aromatic heterocycles. The summed E-state index contributed by atoms with van der Waals surface area (Å²) in [6.45, 7) is 13.7. The van der Waals surface area contributed by atoms with Gasteiger partial charge in [0, 0.05) is 25.2 Å². The van der Waals surface area contributed by atoms with E-state index in [9.17, 15) is 30.0 Å². The summed E-state index contributed by atoms with van der Waals surface area (Å²) in [6, 6.07) is 0. The molecule has 40 heavy (non-hydrogen) atoms. The third-order valence-electron chi connectivity index (χ3n) is 8.04. The highest BCUT2D eigenvalue weighted by molar-refractivity contribution is 5.70. The van der Waals surface area contributed by atoms with E-state index in [4.69, 9.17) is 14.2 Å². The average molecular weight is 567 g/mol. The van der Waals surface area contributed by atoms with Crippen LogP contribution < -0.4 is 0 Å². The molecule has 1 saturated heterocycles. The molecule has 2 aliphatic rings. The van der Waals surface area contributed by atoms with Gasteiger partial charge in [-0.2, -0.15) is 0 Å². The number of carbonyl (C=O) groups is 2. The maximum absolute atomic E-state index is 12.7. The van der Waals surface area contributed by atoms with Gasteiger partial charge in [0.2, 0.25) is 0 Å². The number of hydrogen-bond donors (Lipinski definition) is 4. The summed E-state index contributed by atoms with van der Waals surface area (Å²) in [7, 11) is 0. The van der Waals surface area contributed by atoms with Gasteiger partial charge in [0.25, 0.3) is 0 Å². The van der Waals surface area contributed by atoms with Gasteiger partial charge >= 0.3 is 11.9 Å². The number of cyclic esters (lactones) is 1. The Morgan fingerprint density at radius 3 is 2.55 bits per heavy atom. The second kappa shape index (κ2) is 14.2. The van der Waals surface area contributed by atoms with Crippen LogP contribution in [0.2, 0.25) is 0 Å². The van der Waals surface area contributed by atoms with Gasteiger partial charge in [0.15, 0.2) is 0 Å². The third kappa shape index (κ3) is 10.1. The van der Waals surface area contributed by atoms with Crippen molar-refractivity contribution in [3.05, 3.63) is 36.0 Å². The molecule has 11 unspecified atom stereocenters. The number of ether oxygens (including phenoxy) is 3. The molecule has 0 amide bonds. The topological polar surface area (TPSA) is 146 Å². The average Bonchev–Trinajstić information content (AvgIpc) is 3.60. The predicted octanol–water partition coefficient (Wildman–Crippen LogP) is 3.38. The Bertz CT molecular complexity index is 950. The van der Waals surface area contributed by atoms with Gasteiger partial charge in [-0.1, -0.05) is 52.0 Å². The quantitative estimate of drug-likeness (QED) is 0.143. The lowest BCUT2D eigenvalue weighted by Crippen LogP contribution is -2.44. The van der Waals surface area contributed by atoms with Crippen molar-refractivity contribution in [1.82, 2.24) is 0 Å². The Morgan fingerprint density at radius 2 is 1.95 bits per heavy atom. The highest BCUT2D eigenvalue weighted by Gasteiger charge is 2.47. The van der Waals surface area contributed by atoms with E-state index in [0.717, 1.165) is 0 Å². The third-order valence-corrected chi connectivity index (χ3v) is 8.04. The fourth-order valence-electron chi connectivity index (χ4n) is 5.36. The standard InChI is InChI=1S/C31H50O9/c1-9-23(33)21(5)29-25(39-29)17-30(7,36)14-10-11-18(2)28-19(3)12-13-26(38-22(6)32)31(8,37)16-20(4)24(34)15-27(35)40-28/h10-14,19-21,23-26,28-29,33-34,36-37H,9,15-17H2,1-8H3/b13-12+,14-10+,18-11+. The lowest BCUT2D eigenvalue weighted by Gasteiger charge is -2.35. The molecule has 11 atom stereocenters. The molecule has 0 saturated carbocycles. The van der Waals surface area contributed by atoms with Crippen molar-refractivity contribution >= 4 is 11.9 Å². The molecule has 0 radical (unpaired) electrons. The van der Waals surface area contributed by atoms with E-state index in [1.807, 2.05) is 20.8 Å². The molecule has 2 heterocycles. The van der Waals surface area contributed by atoms with Crippen LogP contribution in [0.3, 0.4) is 0 Å².